The molecule has 1 aliphatic heterocycles. The monoisotopic (exact) mass is 276 g/mol. The Balaban J connectivity index is 2.08. The second kappa shape index (κ2) is 9.92. The molecule has 18 heavy (non-hydrogen) atoms. The van der Waals surface area contributed by atoms with Gasteiger partial charge in [-0.2, -0.15) is 0 Å². The van der Waals surface area contributed by atoms with Gasteiger partial charge in [-0.25, -0.2) is 0 Å². The lowest BCUT2D eigenvalue weighted by molar-refractivity contribution is 0.0503. The van der Waals surface area contributed by atoms with Crippen LogP contribution >= 0.6 is 0 Å². The predicted octanol–water partition coefficient (Wildman–Crippen LogP) is 2.25. The predicted molar refractivity (Wildman–Crippen MR) is 74.2 cm³/mol. The molecule has 0 aromatic rings. The van der Waals surface area contributed by atoms with Crippen molar-refractivity contribution in [3.63, 3.8) is 0 Å². The molecule has 0 aromatic carbocycles. The van der Waals surface area contributed by atoms with E-state index >= 15 is 0 Å². The fraction of sp³-hybridized carbons (Fsp3) is 1.00. The Morgan fingerprint density at radius 3 is 2.33 bits per heavy atom. The van der Waals surface area contributed by atoms with Crippen LogP contribution in [-0.2, 0) is 18.3 Å². The van der Waals surface area contributed by atoms with Crippen molar-refractivity contribution in [2.24, 2.45) is 0 Å². The Morgan fingerprint density at radius 2 is 1.83 bits per heavy atom. The molecule has 2 atom stereocenters. The first kappa shape index (κ1) is 16.1. The summed E-state index contributed by atoms with van der Waals surface area (Å²) in [5.74, 6) is 0. The van der Waals surface area contributed by atoms with E-state index < -0.39 is 9.28 Å². The zero-order valence-corrected chi connectivity index (χ0v) is 13.2. The lowest BCUT2D eigenvalue weighted by Crippen LogP contribution is -2.26. The summed E-state index contributed by atoms with van der Waals surface area (Å²) in [6, 6.07) is 1.03. The fourth-order valence-electron chi connectivity index (χ4n) is 1.60. The Morgan fingerprint density at radius 1 is 1.22 bits per heavy atom. The molecular formula is C13H28O4Si. The van der Waals surface area contributed by atoms with Crippen molar-refractivity contribution in [1.82, 2.24) is 0 Å². The highest BCUT2D eigenvalue weighted by molar-refractivity contribution is 6.44. The Labute approximate surface area is 113 Å². The van der Waals surface area contributed by atoms with E-state index in [1.165, 1.54) is 0 Å². The second-order valence-electron chi connectivity index (χ2n) is 4.85. The summed E-state index contributed by atoms with van der Waals surface area (Å²) in [5, 5.41) is 0. The molecule has 1 fully saturated rings. The van der Waals surface area contributed by atoms with Gasteiger partial charge in [0, 0.05) is 13.2 Å². The quantitative estimate of drug-likeness (QED) is 0.405. The summed E-state index contributed by atoms with van der Waals surface area (Å²) in [7, 11) is -1.47. The highest BCUT2D eigenvalue weighted by Crippen LogP contribution is 2.13. The standard InChI is InChI=1S/C13H28O4Si/c1-4-7-16-18(17-8-5-2)9-6-12(3)14-10-13-11-15-13/h12-13,18H,4-11H2,1-3H3. The Kier molecular flexibility index (Phi) is 8.88. The summed E-state index contributed by atoms with van der Waals surface area (Å²) in [6.45, 7) is 9.63. The molecule has 1 saturated heterocycles. The van der Waals surface area contributed by atoms with Crippen molar-refractivity contribution in [3.05, 3.63) is 0 Å². The molecular weight excluding hydrogens is 248 g/mol. The van der Waals surface area contributed by atoms with Crippen LogP contribution in [0.25, 0.3) is 0 Å². The van der Waals surface area contributed by atoms with Gasteiger partial charge in [0.25, 0.3) is 0 Å². The van der Waals surface area contributed by atoms with E-state index in [0.717, 1.165) is 51.7 Å². The number of ether oxygens (including phenoxy) is 2. The van der Waals surface area contributed by atoms with Gasteiger partial charge in [0.15, 0.2) is 0 Å². The number of epoxide rings is 1. The van der Waals surface area contributed by atoms with Crippen molar-refractivity contribution < 1.29 is 18.3 Å². The summed E-state index contributed by atoms with van der Waals surface area (Å²) >= 11 is 0. The lowest BCUT2D eigenvalue weighted by atomic mass is 10.3. The van der Waals surface area contributed by atoms with Crippen molar-refractivity contribution in [1.29, 1.82) is 0 Å². The molecule has 0 saturated carbocycles. The summed E-state index contributed by atoms with van der Waals surface area (Å²) in [4.78, 5) is 0. The molecule has 1 heterocycles. The molecule has 0 aliphatic carbocycles. The number of hydrogen-bond donors (Lipinski definition) is 0. The minimum atomic E-state index is -1.47. The van der Waals surface area contributed by atoms with E-state index in [4.69, 9.17) is 18.3 Å². The largest absolute Gasteiger partial charge is 0.397 e. The molecule has 2 unspecified atom stereocenters. The third-order valence-electron chi connectivity index (χ3n) is 2.79. The maximum Gasteiger partial charge on any atom is 0.321 e. The van der Waals surface area contributed by atoms with Crippen LogP contribution in [0.1, 0.15) is 40.0 Å². The summed E-state index contributed by atoms with van der Waals surface area (Å²) in [5.41, 5.74) is 0. The first-order valence-electron chi connectivity index (χ1n) is 7.22. The van der Waals surface area contributed by atoms with Gasteiger partial charge in [-0.1, -0.05) is 13.8 Å². The van der Waals surface area contributed by atoms with Crippen LogP contribution in [0.3, 0.4) is 0 Å². The van der Waals surface area contributed by atoms with Crippen LogP contribution < -0.4 is 0 Å². The first-order chi connectivity index (χ1) is 8.76. The molecule has 5 heteroatoms. The third-order valence-corrected chi connectivity index (χ3v) is 4.81. The summed E-state index contributed by atoms with van der Waals surface area (Å²) < 4.78 is 22.5. The van der Waals surface area contributed by atoms with Crippen molar-refractivity contribution in [2.75, 3.05) is 26.4 Å². The van der Waals surface area contributed by atoms with Crippen molar-refractivity contribution in [2.45, 2.75) is 58.3 Å². The van der Waals surface area contributed by atoms with Gasteiger partial charge in [-0.05, 0) is 32.2 Å². The van der Waals surface area contributed by atoms with E-state index in [-0.39, 0.29) is 6.10 Å². The first-order valence-corrected chi connectivity index (χ1v) is 8.98. The number of hydrogen-bond acceptors (Lipinski definition) is 4. The van der Waals surface area contributed by atoms with Crippen molar-refractivity contribution >= 4 is 9.28 Å². The highest BCUT2D eigenvalue weighted by Gasteiger charge is 2.23. The molecule has 0 spiro atoms. The fourth-order valence-corrected chi connectivity index (χ4v) is 3.77. The van der Waals surface area contributed by atoms with E-state index in [1.54, 1.807) is 0 Å². The summed E-state index contributed by atoms with van der Waals surface area (Å²) in [6.07, 6.45) is 3.78. The minimum absolute atomic E-state index is 0.277. The van der Waals surface area contributed by atoms with E-state index in [0.29, 0.717) is 6.10 Å². The Bertz CT molecular complexity index is 191. The van der Waals surface area contributed by atoms with E-state index in [2.05, 4.69) is 20.8 Å². The maximum atomic E-state index is 5.82. The topological polar surface area (TPSA) is 40.2 Å². The minimum Gasteiger partial charge on any atom is -0.397 e. The molecule has 0 N–H and O–H groups in total. The average Bonchev–Trinajstić information content (AvgIpc) is 3.19. The van der Waals surface area contributed by atoms with Crippen LogP contribution in [0.5, 0.6) is 0 Å². The molecule has 1 rings (SSSR count). The second-order valence-corrected chi connectivity index (χ2v) is 6.95. The molecule has 0 radical (unpaired) electrons. The molecule has 1 aliphatic rings. The van der Waals surface area contributed by atoms with Crippen LogP contribution in [0.4, 0.5) is 0 Å². The van der Waals surface area contributed by atoms with E-state index in [9.17, 15) is 0 Å². The van der Waals surface area contributed by atoms with Gasteiger partial charge in [-0.15, -0.1) is 0 Å². The SMILES string of the molecule is CCCO[SiH](CCC(C)OCC1CO1)OCCC. The van der Waals surface area contributed by atoms with Gasteiger partial charge in [0.1, 0.15) is 6.10 Å². The zero-order chi connectivity index (χ0) is 13.2. The number of rotatable bonds is 12. The Hall–Kier alpha value is 0.0569. The van der Waals surface area contributed by atoms with Crippen LogP contribution in [0.15, 0.2) is 0 Å². The van der Waals surface area contributed by atoms with Crippen LogP contribution in [0, 0.1) is 0 Å². The van der Waals surface area contributed by atoms with Gasteiger partial charge in [-0.3, -0.25) is 0 Å². The van der Waals surface area contributed by atoms with Gasteiger partial charge >= 0.3 is 9.28 Å². The smallest absolute Gasteiger partial charge is 0.321 e. The van der Waals surface area contributed by atoms with E-state index in [1.807, 2.05) is 0 Å². The maximum absolute atomic E-state index is 5.82. The molecule has 108 valence electrons. The molecule has 0 aromatic heterocycles. The van der Waals surface area contributed by atoms with Gasteiger partial charge in [0.2, 0.25) is 0 Å². The highest BCUT2D eigenvalue weighted by atomic mass is 28.3. The van der Waals surface area contributed by atoms with Crippen LogP contribution in [0.2, 0.25) is 6.04 Å². The lowest BCUT2D eigenvalue weighted by Gasteiger charge is -2.18. The molecule has 0 amide bonds. The average molecular weight is 276 g/mol. The molecule has 0 bridgehead atoms. The van der Waals surface area contributed by atoms with Crippen molar-refractivity contribution in [3.8, 4) is 0 Å². The van der Waals surface area contributed by atoms with Gasteiger partial charge < -0.3 is 18.3 Å². The molecule has 4 nitrogen and oxygen atoms in total. The van der Waals surface area contributed by atoms with Crippen LogP contribution in [-0.4, -0.2) is 47.9 Å². The van der Waals surface area contributed by atoms with Gasteiger partial charge in [0.05, 0.1) is 19.3 Å². The zero-order valence-electron chi connectivity index (χ0n) is 12.0. The third kappa shape index (κ3) is 8.21. The normalized spacial score (nSPS) is 20.3.